The number of aliphatic hydroxyl groups excluding tert-OH is 1. The highest BCUT2D eigenvalue weighted by molar-refractivity contribution is 7.19. The quantitative estimate of drug-likeness (QED) is 0.815. The van der Waals surface area contributed by atoms with Gasteiger partial charge in [0.25, 0.3) is 0 Å². The minimum absolute atomic E-state index is 0.208. The Hall–Kier alpha value is -0.930. The lowest BCUT2D eigenvalue weighted by Gasteiger charge is -2.31. The molecule has 1 aromatic carbocycles. The number of fused-ring (bicyclic) bond motifs is 1. The van der Waals surface area contributed by atoms with Crippen LogP contribution in [-0.4, -0.2) is 5.11 Å². The van der Waals surface area contributed by atoms with Gasteiger partial charge in [0.05, 0.1) is 6.10 Å². The molecule has 108 valence electrons. The minimum Gasteiger partial charge on any atom is -0.387 e. The van der Waals surface area contributed by atoms with Crippen molar-refractivity contribution in [2.24, 2.45) is 11.8 Å². The number of aliphatic hydroxyl groups is 1. The summed E-state index contributed by atoms with van der Waals surface area (Å²) in [5, 5.41) is 11.6. The van der Waals surface area contributed by atoms with E-state index in [9.17, 15) is 9.50 Å². The van der Waals surface area contributed by atoms with Crippen molar-refractivity contribution in [3.63, 3.8) is 0 Å². The summed E-state index contributed by atoms with van der Waals surface area (Å²) in [5.41, 5.74) is 0. The van der Waals surface area contributed by atoms with Crippen LogP contribution in [0.3, 0.4) is 0 Å². The Morgan fingerprint density at radius 1 is 1.35 bits per heavy atom. The van der Waals surface area contributed by atoms with Gasteiger partial charge >= 0.3 is 0 Å². The lowest BCUT2D eigenvalue weighted by molar-refractivity contribution is 0.0706. The van der Waals surface area contributed by atoms with Crippen LogP contribution >= 0.6 is 11.3 Å². The molecule has 20 heavy (non-hydrogen) atoms. The molecule has 1 aliphatic carbocycles. The van der Waals surface area contributed by atoms with E-state index in [4.69, 9.17) is 0 Å². The third-order valence-electron chi connectivity index (χ3n) is 4.64. The lowest BCUT2D eigenvalue weighted by Crippen LogP contribution is -2.20. The third kappa shape index (κ3) is 2.75. The fraction of sp³-hybridized carbons (Fsp3) is 0.529. The van der Waals surface area contributed by atoms with Crippen molar-refractivity contribution < 1.29 is 9.50 Å². The molecule has 3 rings (SSSR count). The van der Waals surface area contributed by atoms with Crippen molar-refractivity contribution in [2.75, 3.05) is 0 Å². The molecule has 0 amide bonds. The van der Waals surface area contributed by atoms with Crippen molar-refractivity contribution in [1.82, 2.24) is 0 Å². The van der Waals surface area contributed by atoms with Crippen molar-refractivity contribution in [1.29, 1.82) is 0 Å². The summed E-state index contributed by atoms with van der Waals surface area (Å²) < 4.78 is 14.3. The van der Waals surface area contributed by atoms with Gasteiger partial charge in [-0.2, -0.15) is 0 Å². The normalized spacial score (nSPS) is 24.9. The topological polar surface area (TPSA) is 20.2 Å². The number of thiophene rings is 1. The van der Waals surface area contributed by atoms with E-state index in [1.807, 2.05) is 6.07 Å². The summed E-state index contributed by atoms with van der Waals surface area (Å²) in [6, 6.07) is 6.81. The zero-order valence-corrected chi connectivity index (χ0v) is 12.6. The van der Waals surface area contributed by atoms with Gasteiger partial charge in [-0.05, 0) is 54.3 Å². The van der Waals surface area contributed by atoms with Crippen LogP contribution in [0.1, 0.15) is 50.0 Å². The summed E-state index contributed by atoms with van der Waals surface area (Å²) in [7, 11) is 0. The maximum absolute atomic E-state index is 13.2. The largest absolute Gasteiger partial charge is 0.387 e. The average molecular weight is 292 g/mol. The van der Waals surface area contributed by atoms with Crippen LogP contribution in [0.5, 0.6) is 0 Å². The first kappa shape index (κ1) is 14.0. The van der Waals surface area contributed by atoms with Crippen molar-refractivity contribution in [3.8, 4) is 0 Å². The van der Waals surface area contributed by atoms with Gasteiger partial charge in [-0.3, -0.25) is 0 Å². The average Bonchev–Trinajstić information content (AvgIpc) is 2.89. The lowest BCUT2D eigenvalue weighted by atomic mass is 9.77. The first-order valence-corrected chi connectivity index (χ1v) is 8.36. The molecule has 0 bridgehead atoms. The van der Waals surface area contributed by atoms with Gasteiger partial charge in [0.1, 0.15) is 5.82 Å². The molecular weight excluding hydrogens is 271 g/mol. The fourth-order valence-electron chi connectivity index (χ4n) is 3.40. The first-order valence-electron chi connectivity index (χ1n) is 7.54. The smallest absolute Gasteiger partial charge is 0.123 e. The highest BCUT2D eigenvalue weighted by Gasteiger charge is 2.28. The van der Waals surface area contributed by atoms with E-state index in [1.165, 1.54) is 25.3 Å². The molecule has 1 aromatic heterocycles. The van der Waals surface area contributed by atoms with Crippen LogP contribution in [0.4, 0.5) is 4.39 Å². The Kier molecular flexibility index (Phi) is 4.08. The van der Waals surface area contributed by atoms with Gasteiger partial charge in [-0.15, -0.1) is 11.3 Å². The first-order chi connectivity index (χ1) is 9.67. The fourth-order valence-corrected chi connectivity index (χ4v) is 4.53. The summed E-state index contributed by atoms with van der Waals surface area (Å²) in [4.78, 5) is 0.993. The van der Waals surface area contributed by atoms with Crippen LogP contribution in [-0.2, 0) is 0 Å². The van der Waals surface area contributed by atoms with Gasteiger partial charge < -0.3 is 5.11 Å². The number of hydrogen-bond acceptors (Lipinski definition) is 2. The molecule has 0 aliphatic heterocycles. The number of rotatable bonds is 3. The van der Waals surface area contributed by atoms with E-state index < -0.39 is 0 Å². The molecule has 2 aromatic rings. The van der Waals surface area contributed by atoms with Crippen molar-refractivity contribution >= 4 is 21.4 Å². The Morgan fingerprint density at radius 3 is 3.00 bits per heavy atom. The van der Waals surface area contributed by atoms with Crippen LogP contribution in [0.25, 0.3) is 10.1 Å². The standard InChI is InChI=1S/C17H21FOS/c1-2-11-4-3-5-12(8-11)17(19)16-10-13-9-14(18)6-7-15(13)20-16/h6-7,9-12,17,19H,2-5,8H2,1H3. The van der Waals surface area contributed by atoms with Gasteiger partial charge in [-0.1, -0.05) is 26.2 Å². The second-order valence-corrected chi connectivity index (χ2v) is 7.09. The molecule has 1 N–H and O–H groups in total. The van der Waals surface area contributed by atoms with Crippen molar-refractivity contribution in [3.05, 3.63) is 35.0 Å². The molecule has 1 nitrogen and oxygen atoms in total. The van der Waals surface area contributed by atoms with Crippen LogP contribution in [0.15, 0.2) is 24.3 Å². The van der Waals surface area contributed by atoms with Gasteiger partial charge in [0.15, 0.2) is 0 Å². The Labute approximate surface area is 123 Å². The molecule has 0 radical (unpaired) electrons. The molecule has 1 fully saturated rings. The van der Waals surface area contributed by atoms with Crippen LogP contribution in [0, 0.1) is 17.7 Å². The van der Waals surface area contributed by atoms with E-state index in [0.717, 1.165) is 33.7 Å². The second-order valence-electron chi connectivity index (χ2n) is 5.98. The van der Waals surface area contributed by atoms with Gasteiger partial charge in [-0.25, -0.2) is 4.39 Å². The molecule has 3 atom stereocenters. The Balaban J connectivity index is 1.82. The molecular formula is C17H21FOS. The second kappa shape index (κ2) is 5.82. The molecule has 3 heteroatoms. The summed E-state index contributed by atoms with van der Waals surface area (Å²) >= 11 is 1.60. The maximum Gasteiger partial charge on any atom is 0.123 e. The van der Waals surface area contributed by atoms with E-state index in [-0.39, 0.29) is 11.9 Å². The summed E-state index contributed by atoms with van der Waals surface area (Å²) in [6.07, 6.45) is 5.59. The highest BCUT2D eigenvalue weighted by atomic mass is 32.1. The van der Waals surface area contributed by atoms with E-state index in [1.54, 1.807) is 23.5 Å². The zero-order valence-electron chi connectivity index (χ0n) is 11.8. The van der Waals surface area contributed by atoms with E-state index >= 15 is 0 Å². The van der Waals surface area contributed by atoms with E-state index in [2.05, 4.69) is 6.92 Å². The number of hydrogen-bond donors (Lipinski definition) is 1. The zero-order chi connectivity index (χ0) is 14.1. The summed E-state index contributed by atoms with van der Waals surface area (Å²) in [6.45, 7) is 2.24. The predicted molar refractivity (Wildman–Crippen MR) is 82.5 cm³/mol. The van der Waals surface area contributed by atoms with Crippen LogP contribution in [0.2, 0.25) is 0 Å². The predicted octanol–water partition coefficient (Wildman–Crippen LogP) is 5.29. The molecule has 1 saturated carbocycles. The van der Waals surface area contributed by atoms with E-state index in [0.29, 0.717) is 5.92 Å². The molecule has 1 heterocycles. The SMILES string of the molecule is CCC1CCCC(C(O)c2cc3cc(F)ccc3s2)C1. The number of benzene rings is 1. The van der Waals surface area contributed by atoms with Gasteiger partial charge in [0, 0.05) is 9.58 Å². The molecule has 0 spiro atoms. The molecule has 0 saturated heterocycles. The van der Waals surface area contributed by atoms with Crippen molar-refractivity contribution in [2.45, 2.75) is 45.1 Å². The Bertz CT molecular complexity index is 592. The Morgan fingerprint density at radius 2 is 2.20 bits per heavy atom. The maximum atomic E-state index is 13.2. The van der Waals surface area contributed by atoms with Gasteiger partial charge in [0.2, 0.25) is 0 Å². The summed E-state index contributed by atoms with van der Waals surface area (Å²) in [5.74, 6) is 0.918. The third-order valence-corrected chi connectivity index (χ3v) is 5.82. The highest BCUT2D eigenvalue weighted by Crippen LogP contribution is 2.41. The molecule has 3 unspecified atom stereocenters. The van der Waals surface area contributed by atoms with Crippen LogP contribution < -0.4 is 0 Å². The number of halogens is 1. The monoisotopic (exact) mass is 292 g/mol. The minimum atomic E-state index is -0.384. The molecule has 1 aliphatic rings.